The molecule has 2 aliphatic rings. The van der Waals surface area contributed by atoms with Gasteiger partial charge in [-0.05, 0) is 43.5 Å². The Morgan fingerprint density at radius 2 is 1.78 bits per heavy atom. The largest absolute Gasteiger partial charge is 0.372 e. The van der Waals surface area contributed by atoms with Gasteiger partial charge < -0.3 is 10.2 Å². The SMILES string of the molecule is CN1N=C(C(=O)Nc2ccc(N3CCCCC3)cc2)CCC1=O. The molecule has 2 amide bonds. The highest BCUT2D eigenvalue weighted by Crippen LogP contribution is 2.22. The summed E-state index contributed by atoms with van der Waals surface area (Å²) >= 11 is 0. The van der Waals surface area contributed by atoms with Gasteiger partial charge in [0.15, 0.2) is 0 Å². The second-order valence-electron chi connectivity index (χ2n) is 6.01. The molecule has 0 unspecified atom stereocenters. The van der Waals surface area contributed by atoms with Crippen LogP contribution in [0.25, 0.3) is 0 Å². The van der Waals surface area contributed by atoms with E-state index in [1.807, 2.05) is 24.3 Å². The lowest BCUT2D eigenvalue weighted by Crippen LogP contribution is -2.34. The van der Waals surface area contributed by atoms with E-state index < -0.39 is 0 Å². The van der Waals surface area contributed by atoms with Gasteiger partial charge in [-0.3, -0.25) is 9.59 Å². The Labute approximate surface area is 136 Å². The van der Waals surface area contributed by atoms with Crippen LogP contribution < -0.4 is 10.2 Å². The third-order valence-electron chi connectivity index (χ3n) is 4.32. The maximum Gasteiger partial charge on any atom is 0.271 e. The summed E-state index contributed by atoms with van der Waals surface area (Å²) in [6.45, 7) is 2.20. The van der Waals surface area contributed by atoms with Gasteiger partial charge in [0.25, 0.3) is 5.91 Å². The number of carbonyl (C=O) groups excluding carboxylic acids is 2. The number of amides is 2. The van der Waals surface area contributed by atoms with Crippen LogP contribution in [0.5, 0.6) is 0 Å². The van der Waals surface area contributed by atoms with Crippen LogP contribution in [0, 0.1) is 0 Å². The molecular weight excluding hydrogens is 292 g/mol. The molecule has 0 spiro atoms. The number of piperidine rings is 1. The highest BCUT2D eigenvalue weighted by molar-refractivity contribution is 6.43. The Hall–Kier alpha value is -2.37. The van der Waals surface area contributed by atoms with Gasteiger partial charge >= 0.3 is 0 Å². The molecule has 0 atom stereocenters. The Kier molecular flexibility index (Phi) is 4.60. The highest BCUT2D eigenvalue weighted by Gasteiger charge is 2.22. The summed E-state index contributed by atoms with van der Waals surface area (Å²) in [6, 6.07) is 7.92. The molecule has 1 fully saturated rings. The quantitative estimate of drug-likeness (QED) is 0.930. The van der Waals surface area contributed by atoms with Crippen LogP contribution >= 0.6 is 0 Å². The van der Waals surface area contributed by atoms with Crippen molar-refractivity contribution in [2.24, 2.45) is 5.10 Å². The zero-order chi connectivity index (χ0) is 16.2. The lowest BCUT2D eigenvalue weighted by Gasteiger charge is -2.28. The lowest BCUT2D eigenvalue weighted by atomic mass is 10.1. The van der Waals surface area contributed by atoms with Gasteiger partial charge in [-0.15, -0.1) is 0 Å². The summed E-state index contributed by atoms with van der Waals surface area (Å²) in [5, 5.41) is 8.12. The van der Waals surface area contributed by atoms with Gasteiger partial charge in [0.2, 0.25) is 5.91 Å². The van der Waals surface area contributed by atoms with E-state index in [1.165, 1.54) is 30.0 Å². The number of carbonyl (C=O) groups is 2. The fraction of sp³-hybridized carbons (Fsp3) is 0.471. The molecule has 2 heterocycles. The number of hydrazone groups is 1. The maximum atomic E-state index is 12.2. The summed E-state index contributed by atoms with van der Waals surface area (Å²) in [5.74, 6) is -0.303. The summed E-state index contributed by atoms with van der Waals surface area (Å²) in [5.41, 5.74) is 2.34. The molecule has 0 aromatic heterocycles. The van der Waals surface area contributed by atoms with E-state index in [0.29, 0.717) is 18.6 Å². The van der Waals surface area contributed by atoms with E-state index in [1.54, 1.807) is 7.05 Å². The van der Waals surface area contributed by atoms with Crippen LogP contribution in [0.3, 0.4) is 0 Å². The monoisotopic (exact) mass is 314 g/mol. The van der Waals surface area contributed by atoms with Crippen molar-refractivity contribution in [2.75, 3.05) is 30.4 Å². The number of anilines is 2. The van der Waals surface area contributed by atoms with E-state index >= 15 is 0 Å². The van der Waals surface area contributed by atoms with Gasteiger partial charge in [-0.2, -0.15) is 5.10 Å². The van der Waals surface area contributed by atoms with E-state index in [9.17, 15) is 9.59 Å². The number of hydrogen-bond acceptors (Lipinski definition) is 4. The van der Waals surface area contributed by atoms with E-state index in [-0.39, 0.29) is 11.8 Å². The van der Waals surface area contributed by atoms with Crippen molar-refractivity contribution >= 4 is 28.9 Å². The van der Waals surface area contributed by atoms with Gasteiger partial charge in [0.1, 0.15) is 5.71 Å². The molecule has 122 valence electrons. The number of nitrogens with one attached hydrogen (secondary N) is 1. The van der Waals surface area contributed by atoms with Crippen LogP contribution in [0.4, 0.5) is 11.4 Å². The molecule has 6 nitrogen and oxygen atoms in total. The van der Waals surface area contributed by atoms with Gasteiger partial charge in [0.05, 0.1) is 0 Å². The minimum Gasteiger partial charge on any atom is -0.372 e. The molecule has 0 saturated carbocycles. The fourth-order valence-electron chi connectivity index (χ4n) is 2.94. The smallest absolute Gasteiger partial charge is 0.271 e. The molecule has 0 radical (unpaired) electrons. The number of rotatable bonds is 3. The standard InChI is InChI=1S/C17H22N4O2/c1-20-16(22)10-9-15(19-20)17(23)18-13-5-7-14(8-6-13)21-11-3-2-4-12-21/h5-8H,2-4,9-12H2,1H3,(H,18,23). The summed E-state index contributed by atoms with van der Waals surface area (Å²) in [6.07, 6.45) is 4.51. The highest BCUT2D eigenvalue weighted by atomic mass is 16.2. The first kappa shape index (κ1) is 15.5. The predicted octanol–water partition coefficient (Wildman–Crippen LogP) is 2.22. The second-order valence-corrected chi connectivity index (χ2v) is 6.01. The van der Waals surface area contributed by atoms with Crippen molar-refractivity contribution in [3.8, 4) is 0 Å². The molecule has 6 heteroatoms. The van der Waals surface area contributed by atoms with Crippen molar-refractivity contribution in [2.45, 2.75) is 32.1 Å². The van der Waals surface area contributed by atoms with Crippen LogP contribution in [-0.4, -0.2) is 42.7 Å². The van der Waals surface area contributed by atoms with Gasteiger partial charge in [0, 0.05) is 44.4 Å². The van der Waals surface area contributed by atoms with Crippen LogP contribution in [0.1, 0.15) is 32.1 Å². The first-order chi connectivity index (χ1) is 11.1. The predicted molar refractivity (Wildman–Crippen MR) is 90.6 cm³/mol. The zero-order valence-electron chi connectivity index (χ0n) is 13.4. The Bertz CT molecular complexity index is 618. The molecule has 3 rings (SSSR count). The number of benzene rings is 1. The fourth-order valence-corrected chi connectivity index (χ4v) is 2.94. The Morgan fingerprint density at radius 1 is 1.09 bits per heavy atom. The Morgan fingerprint density at radius 3 is 2.43 bits per heavy atom. The minimum atomic E-state index is -0.241. The van der Waals surface area contributed by atoms with Gasteiger partial charge in [-0.1, -0.05) is 0 Å². The van der Waals surface area contributed by atoms with E-state index in [2.05, 4.69) is 15.3 Å². The van der Waals surface area contributed by atoms with Crippen molar-refractivity contribution in [1.82, 2.24) is 5.01 Å². The molecule has 1 saturated heterocycles. The van der Waals surface area contributed by atoms with E-state index in [4.69, 9.17) is 0 Å². The summed E-state index contributed by atoms with van der Waals surface area (Å²) < 4.78 is 0. The first-order valence-electron chi connectivity index (χ1n) is 8.14. The van der Waals surface area contributed by atoms with Crippen molar-refractivity contribution in [3.63, 3.8) is 0 Å². The van der Waals surface area contributed by atoms with Gasteiger partial charge in [-0.25, -0.2) is 5.01 Å². The maximum absolute atomic E-state index is 12.2. The molecule has 0 aliphatic carbocycles. The summed E-state index contributed by atoms with van der Waals surface area (Å²) in [4.78, 5) is 26.0. The molecular formula is C17H22N4O2. The topological polar surface area (TPSA) is 65.0 Å². The lowest BCUT2D eigenvalue weighted by molar-refractivity contribution is -0.130. The minimum absolute atomic E-state index is 0.0626. The molecule has 0 bridgehead atoms. The molecule has 1 N–H and O–H groups in total. The second kappa shape index (κ2) is 6.81. The van der Waals surface area contributed by atoms with Crippen LogP contribution in [0.2, 0.25) is 0 Å². The number of nitrogens with zero attached hydrogens (tertiary/aromatic N) is 3. The van der Waals surface area contributed by atoms with Crippen molar-refractivity contribution in [3.05, 3.63) is 24.3 Å². The van der Waals surface area contributed by atoms with Crippen molar-refractivity contribution in [1.29, 1.82) is 0 Å². The van der Waals surface area contributed by atoms with Crippen molar-refractivity contribution < 1.29 is 9.59 Å². The number of hydrogen-bond donors (Lipinski definition) is 1. The first-order valence-corrected chi connectivity index (χ1v) is 8.14. The molecule has 23 heavy (non-hydrogen) atoms. The summed E-state index contributed by atoms with van der Waals surface area (Å²) in [7, 11) is 1.57. The third-order valence-corrected chi connectivity index (χ3v) is 4.32. The molecule has 2 aliphatic heterocycles. The molecule has 1 aromatic carbocycles. The van der Waals surface area contributed by atoms with E-state index in [0.717, 1.165) is 18.8 Å². The average molecular weight is 314 g/mol. The third kappa shape index (κ3) is 3.70. The van der Waals surface area contributed by atoms with Crippen LogP contribution in [0.15, 0.2) is 29.4 Å². The zero-order valence-corrected chi connectivity index (χ0v) is 13.4. The Balaban J connectivity index is 1.63. The molecule has 1 aromatic rings. The van der Waals surface area contributed by atoms with Crippen LogP contribution in [-0.2, 0) is 9.59 Å². The average Bonchev–Trinajstić information content (AvgIpc) is 2.59. The normalized spacial score (nSPS) is 18.7.